The topological polar surface area (TPSA) is 115 Å². The summed E-state index contributed by atoms with van der Waals surface area (Å²) in [7, 11) is 0. The van der Waals surface area contributed by atoms with Crippen LogP contribution in [0.4, 0.5) is 0 Å². The molecule has 0 atom stereocenters. The SMILES string of the molecule is C/C=C/CCCOc1ccc(OCCc2cn(CCCOc3ccc4c(=O)c(Cc5ccco5)c(-c5ccco5)oc4c3)nn2)cc1. The summed E-state index contributed by atoms with van der Waals surface area (Å²) in [6.45, 7) is 4.31. The molecule has 10 heteroatoms. The third kappa shape index (κ3) is 8.40. The summed E-state index contributed by atoms with van der Waals surface area (Å²) < 4.78 is 36.7. The summed E-state index contributed by atoms with van der Waals surface area (Å²) >= 11 is 0. The van der Waals surface area contributed by atoms with Gasteiger partial charge in [0.05, 0.1) is 49.0 Å². The Labute approximate surface area is 272 Å². The molecule has 0 bridgehead atoms. The van der Waals surface area contributed by atoms with E-state index in [-0.39, 0.29) is 11.8 Å². The number of benzene rings is 2. The van der Waals surface area contributed by atoms with Crippen molar-refractivity contribution in [1.29, 1.82) is 0 Å². The maximum absolute atomic E-state index is 13.5. The zero-order valence-corrected chi connectivity index (χ0v) is 26.3. The molecule has 0 saturated heterocycles. The summed E-state index contributed by atoms with van der Waals surface area (Å²) in [6.07, 6.45) is 12.9. The van der Waals surface area contributed by atoms with Crippen LogP contribution in [0.5, 0.6) is 17.2 Å². The van der Waals surface area contributed by atoms with Crippen LogP contribution < -0.4 is 19.6 Å². The molecule has 4 heterocycles. The van der Waals surface area contributed by atoms with Crippen molar-refractivity contribution in [2.24, 2.45) is 0 Å². The lowest BCUT2D eigenvalue weighted by Gasteiger charge is -2.10. The minimum absolute atomic E-state index is 0.137. The summed E-state index contributed by atoms with van der Waals surface area (Å²) in [4.78, 5) is 13.5. The third-order valence-electron chi connectivity index (χ3n) is 7.49. The van der Waals surface area contributed by atoms with E-state index >= 15 is 0 Å². The van der Waals surface area contributed by atoms with Crippen LogP contribution >= 0.6 is 0 Å². The Hall–Kier alpha value is -5.51. The molecule has 0 spiro atoms. The highest BCUT2D eigenvalue weighted by molar-refractivity contribution is 5.81. The number of allylic oxidation sites excluding steroid dienone is 2. The average Bonchev–Trinajstić information content (AvgIpc) is 3.89. The normalized spacial score (nSPS) is 11.4. The van der Waals surface area contributed by atoms with Crippen LogP contribution in [0.15, 0.2) is 116 Å². The highest BCUT2D eigenvalue weighted by Gasteiger charge is 2.20. The van der Waals surface area contributed by atoms with Crippen molar-refractivity contribution in [1.82, 2.24) is 15.0 Å². The second-order valence-corrected chi connectivity index (χ2v) is 10.9. The smallest absolute Gasteiger partial charge is 0.197 e. The van der Waals surface area contributed by atoms with Gasteiger partial charge in [0, 0.05) is 38.1 Å². The molecule has 6 rings (SSSR count). The van der Waals surface area contributed by atoms with Gasteiger partial charge in [0.2, 0.25) is 0 Å². The molecule has 0 unspecified atom stereocenters. The highest BCUT2D eigenvalue weighted by atomic mass is 16.5. The zero-order chi connectivity index (χ0) is 32.3. The van der Waals surface area contributed by atoms with Gasteiger partial charge in [-0.3, -0.25) is 9.48 Å². The van der Waals surface area contributed by atoms with E-state index in [2.05, 4.69) is 22.5 Å². The molecule has 0 aliphatic heterocycles. The highest BCUT2D eigenvalue weighted by Crippen LogP contribution is 2.30. The second kappa shape index (κ2) is 15.7. The maximum atomic E-state index is 13.5. The molecule has 6 aromatic rings. The monoisotopic (exact) mass is 635 g/mol. The number of fused-ring (bicyclic) bond motifs is 1. The predicted molar refractivity (Wildman–Crippen MR) is 177 cm³/mol. The quantitative estimate of drug-likeness (QED) is 0.0736. The number of nitrogens with zero attached hydrogens (tertiary/aromatic N) is 3. The number of rotatable bonds is 17. The minimum Gasteiger partial charge on any atom is -0.494 e. The van der Waals surface area contributed by atoms with Gasteiger partial charge in [-0.2, -0.15) is 0 Å². The van der Waals surface area contributed by atoms with Crippen molar-refractivity contribution in [2.75, 3.05) is 19.8 Å². The van der Waals surface area contributed by atoms with Crippen LogP contribution in [0.1, 0.15) is 43.2 Å². The predicted octanol–water partition coefficient (Wildman–Crippen LogP) is 7.65. The summed E-state index contributed by atoms with van der Waals surface area (Å²) in [5.41, 5.74) is 1.61. The number of unbranched alkanes of at least 4 members (excludes halogenated alkanes) is 1. The Balaban J connectivity index is 0.973. The maximum Gasteiger partial charge on any atom is 0.197 e. The van der Waals surface area contributed by atoms with E-state index in [1.54, 1.807) is 53.6 Å². The van der Waals surface area contributed by atoms with E-state index in [4.69, 9.17) is 27.5 Å². The Bertz CT molecular complexity index is 1920. The van der Waals surface area contributed by atoms with Gasteiger partial charge < -0.3 is 27.5 Å². The van der Waals surface area contributed by atoms with E-state index in [1.165, 1.54) is 0 Å². The standard InChI is InChI=1S/C37H37N3O7/c1-2-3-4-5-19-42-28-11-13-29(14-12-28)45-23-17-27-26-40(39-38-27)18-8-22-44-31-15-16-32-35(25-31)47-37(34-10-7-21-46-34)33(36(32)41)24-30-9-6-20-43-30/h2-3,6-7,9-16,20-21,25-26H,4-5,8,17-19,22-24H2,1H3/b3-2+. The van der Waals surface area contributed by atoms with Gasteiger partial charge >= 0.3 is 0 Å². The molecule has 0 N–H and O–H groups in total. The molecule has 242 valence electrons. The van der Waals surface area contributed by atoms with Gasteiger partial charge in [0.15, 0.2) is 16.9 Å². The Morgan fingerprint density at radius 3 is 2.36 bits per heavy atom. The average molecular weight is 636 g/mol. The van der Waals surface area contributed by atoms with Crippen molar-refractivity contribution in [3.8, 4) is 28.8 Å². The van der Waals surface area contributed by atoms with Crippen molar-refractivity contribution in [2.45, 2.75) is 45.6 Å². The van der Waals surface area contributed by atoms with Crippen molar-refractivity contribution in [3.63, 3.8) is 0 Å². The molecular weight excluding hydrogens is 598 g/mol. The first-order chi connectivity index (χ1) is 23.2. The molecule has 0 radical (unpaired) electrons. The first-order valence-corrected chi connectivity index (χ1v) is 15.8. The first-order valence-electron chi connectivity index (χ1n) is 15.8. The Morgan fingerprint density at radius 1 is 0.851 bits per heavy atom. The summed E-state index contributed by atoms with van der Waals surface area (Å²) in [5.74, 6) is 3.74. The van der Waals surface area contributed by atoms with Gasteiger partial charge in [-0.05, 0) is 80.4 Å². The number of furan rings is 2. The summed E-state index contributed by atoms with van der Waals surface area (Å²) in [5, 5.41) is 8.96. The minimum atomic E-state index is -0.137. The van der Waals surface area contributed by atoms with Crippen LogP contribution in [-0.4, -0.2) is 34.8 Å². The molecule has 0 saturated carbocycles. The van der Waals surface area contributed by atoms with E-state index in [9.17, 15) is 4.79 Å². The molecule has 4 aromatic heterocycles. The van der Waals surface area contributed by atoms with Crippen LogP contribution in [-0.2, 0) is 19.4 Å². The van der Waals surface area contributed by atoms with Crippen molar-refractivity contribution in [3.05, 3.63) is 125 Å². The van der Waals surface area contributed by atoms with Crippen LogP contribution in [0.3, 0.4) is 0 Å². The number of aromatic nitrogens is 3. The van der Waals surface area contributed by atoms with Crippen molar-refractivity contribution >= 4 is 11.0 Å². The van der Waals surface area contributed by atoms with Crippen LogP contribution in [0, 0.1) is 0 Å². The van der Waals surface area contributed by atoms with E-state index in [0.717, 1.165) is 30.0 Å². The number of hydrogen-bond donors (Lipinski definition) is 0. The second-order valence-electron chi connectivity index (χ2n) is 10.9. The Morgan fingerprint density at radius 2 is 1.60 bits per heavy atom. The van der Waals surface area contributed by atoms with Gasteiger partial charge in [-0.25, -0.2) is 0 Å². The van der Waals surface area contributed by atoms with Gasteiger partial charge in [-0.1, -0.05) is 17.4 Å². The lowest BCUT2D eigenvalue weighted by Crippen LogP contribution is -2.12. The summed E-state index contributed by atoms with van der Waals surface area (Å²) in [6, 6.07) is 20.1. The van der Waals surface area contributed by atoms with Gasteiger partial charge in [0.1, 0.15) is 28.6 Å². The fourth-order valence-electron chi connectivity index (χ4n) is 5.10. The molecule has 0 aliphatic carbocycles. The lowest BCUT2D eigenvalue weighted by atomic mass is 10.0. The van der Waals surface area contributed by atoms with Crippen LogP contribution in [0.25, 0.3) is 22.5 Å². The molecule has 10 nitrogen and oxygen atoms in total. The zero-order valence-electron chi connectivity index (χ0n) is 26.3. The van der Waals surface area contributed by atoms with E-state index in [1.807, 2.05) is 43.5 Å². The molecule has 0 amide bonds. The van der Waals surface area contributed by atoms with Crippen molar-refractivity contribution < 1.29 is 27.5 Å². The van der Waals surface area contributed by atoms with Gasteiger partial charge in [-0.15, -0.1) is 5.10 Å². The fraction of sp³-hybridized carbons (Fsp3) is 0.270. The number of ether oxygens (including phenoxy) is 3. The van der Waals surface area contributed by atoms with Gasteiger partial charge in [0.25, 0.3) is 0 Å². The molecule has 2 aromatic carbocycles. The molecule has 47 heavy (non-hydrogen) atoms. The Kier molecular flexibility index (Phi) is 10.5. The first kappa shape index (κ1) is 31.5. The molecule has 0 aliphatic rings. The molecule has 0 fully saturated rings. The number of aryl methyl sites for hydroxylation is 1. The third-order valence-corrected chi connectivity index (χ3v) is 7.49. The lowest BCUT2D eigenvalue weighted by molar-refractivity contribution is 0.298. The van der Waals surface area contributed by atoms with E-state index in [0.29, 0.717) is 78.8 Å². The fourth-order valence-corrected chi connectivity index (χ4v) is 5.10. The van der Waals surface area contributed by atoms with Crippen LogP contribution in [0.2, 0.25) is 0 Å². The largest absolute Gasteiger partial charge is 0.494 e. The molecular formula is C37H37N3O7. The number of hydrogen-bond acceptors (Lipinski definition) is 9. The van der Waals surface area contributed by atoms with E-state index < -0.39 is 0 Å².